The zero-order chi connectivity index (χ0) is 14.3. The van der Waals surface area contributed by atoms with Crippen LogP contribution in [0.4, 0.5) is 5.69 Å². The van der Waals surface area contributed by atoms with Gasteiger partial charge in [0.1, 0.15) is 11.5 Å². The van der Waals surface area contributed by atoms with Gasteiger partial charge in [0.15, 0.2) is 0 Å². The Bertz CT molecular complexity index is 397. The van der Waals surface area contributed by atoms with E-state index in [9.17, 15) is 4.79 Å². The maximum Gasteiger partial charge on any atom is 0.225 e. The third kappa shape index (κ3) is 5.61. The molecule has 0 unspecified atom stereocenters. The summed E-state index contributed by atoms with van der Waals surface area (Å²) in [4.78, 5) is 11.8. The summed E-state index contributed by atoms with van der Waals surface area (Å²) in [6, 6.07) is 5.66. The van der Waals surface area contributed by atoms with Crippen molar-refractivity contribution in [1.82, 2.24) is 5.32 Å². The Kier molecular flexibility index (Phi) is 6.15. The molecule has 106 valence electrons. The normalized spacial score (nSPS) is 10.4. The van der Waals surface area contributed by atoms with Gasteiger partial charge in [-0.05, 0) is 0 Å². The molecule has 2 N–H and O–H groups in total. The Balaban J connectivity index is 2.58. The molecule has 0 aliphatic rings. The lowest BCUT2D eigenvalue weighted by Crippen LogP contribution is -2.27. The lowest BCUT2D eigenvalue weighted by molar-refractivity contribution is -0.116. The number of ether oxygens (including phenoxy) is 2. The molecule has 0 heterocycles. The fourth-order valence-corrected chi connectivity index (χ4v) is 1.58. The minimum absolute atomic E-state index is 0.0385. The van der Waals surface area contributed by atoms with E-state index in [0.29, 0.717) is 36.2 Å². The summed E-state index contributed by atoms with van der Waals surface area (Å²) in [6.45, 7) is 4.75. The molecule has 1 amide bonds. The summed E-state index contributed by atoms with van der Waals surface area (Å²) in [7, 11) is 3.15. The number of nitrogens with one attached hydrogen (secondary N) is 2. The van der Waals surface area contributed by atoms with Gasteiger partial charge in [-0.25, -0.2) is 0 Å². The molecule has 0 atom stereocenters. The second-order valence-corrected chi connectivity index (χ2v) is 4.51. The quantitative estimate of drug-likeness (QED) is 0.793. The Morgan fingerprint density at radius 2 is 1.74 bits per heavy atom. The van der Waals surface area contributed by atoms with E-state index in [4.69, 9.17) is 9.47 Å². The summed E-state index contributed by atoms with van der Waals surface area (Å²) >= 11 is 0. The maximum absolute atomic E-state index is 11.8. The van der Waals surface area contributed by atoms with E-state index in [1.807, 2.05) is 13.8 Å². The highest BCUT2D eigenvalue weighted by atomic mass is 16.5. The number of methoxy groups -OCH3 is 2. The first-order valence-corrected chi connectivity index (χ1v) is 6.31. The lowest BCUT2D eigenvalue weighted by atomic mass is 10.2. The average Bonchev–Trinajstić information content (AvgIpc) is 2.37. The van der Waals surface area contributed by atoms with Crippen molar-refractivity contribution in [1.29, 1.82) is 0 Å². The zero-order valence-corrected chi connectivity index (χ0v) is 11.9. The SMILES string of the molecule is COc1cc(NC(=O)CCNC(C)C)cc(OC)c1. The molecule has 1 rings (SSSR count). The number of hydrogen-bond donors (Lipinski definition) is 2. The van der Waals surface area contributed by atoms with Crippen molar-refractivity contribution in [3.8, 4) is 11.5 Å². The van der Waals surface area contributed by atoms with Crippen molar-refractivity contribution in [2.45, 2.75) is 26.3 Å². The second-order valence-electron chi connectivity index (χ2n) is 4.51. The fourth-order valence-electron chi connectivity index (χ4n) is 1.58. The van der Waals surface area contributed by atoms with Crippen molar-refractivity contribution in [3.63, 3.8) is 0 Å². The Morgan fingerprint density at radius 1 is 1.16 bits per heavy atom. The van der Waals surface area contributed by atoms with Gasteiger partial charge in [-0.3, -0.25) is 4.79 Å². The number of anilines is 1. The zero-order valence-electron chi connectivity index (χ0n) is 11.9. The third-order valence-corrected chi connectivity index (χ3v) is 2.54. The van der Waals surface area contributed by atoms with Crippen LogP contribution in [0.2, 0.25) is 0 Å². The van der Waals surface area contributed by atoms with Gasteiger partial charge in [-0.2, -0.15) is 0 Å². The Labute approximate surface area is 114 Å². The van der Waals surface area contributed by atoms with Crippen LogP contribution in [0, 0.1) is 0 Å². The van der Waals surface area contributed by atoms with Gasteiger partial charge in [0.25, 0.3) is 0 Å². The van der Waals surface area contributed by atoms with Crippen LogP contribution >= 0.6 is 0 Å². The monoisotopic (exact) mass is 266 g/mol. The van der Waals surface area contributed by atoms with E-state index < -0.39 is 0 Å². The van der Waals surface area contributed by atoms with Gasteiger partial charge < -0.3 is 20.1 Å². The summed E-state index contributed by atoms with van der Waals surface area (Å²) in [5, 5.41) is 6.02. The Morgan fingerprint density at radius 3 is 2.21 bits per heavy atom. The van der Waals surface area contributed by atoms with Crippen molar-refractivity contribution < 1.29 is 14.3 Å². The third-order valence-electron chi connectivity index (χ3n) is 2.54. The molecule has 0 spiro atoms. The molecule has 0 radical (unpaired) electrons. The van der Waals surface area contributed by atoms with Crippen LogP contribution < -0.4 is 20.1 Å². The topological polar surface area (TPSA) is 59.6 Å². The van der Waals surface area contributed by atoms with E-state index in [0.717, 1.165) is 0 Å². The standard InChI is InChI=1S/C14H22N2O3/c1-10(2)15-6-5-14(17)16-11-7-12(18-3)9-13(8-11)19-4/h7-10,15H,5-6H2,1-4H3,(H,16,17). The van der Waals surface area contributed by atoms with Gasteiger partial charge >= 0.3 is 0 Å². The van der Waals surface area contributed by atoms with Crippen LogP contribution in [0.25, 0.3) is 0 Å². The lowest BCUT2D eigenvalue weighted by Gasteiger charge is -2.11. The summed E-state index contributed by atoms with van der Waals surface area (Å²) in [6.07, 6.45) is 0.428. The molecule has 5 heteroatoms. The van der Waals surface area contributed by atoms with Gasteiger partial charge in [0.2, 0.25) is 5.91 Å². The average molecular weight is 266 g/mol. The molecule has 0 aliphatic carbocycles. The van der Waals surface area contributed by atoms with E-state index in [1.54, 1.807) is 32.4 Å². The van der Waals surface area contributed by atoms with Gasteiger partial charge in [-0.15, -0.1) is 0 Å². The number of hydrogen-bond acceptors (Lipinski definition) is 4. The highest BCUT2D eigenvalue weighted by molar-refractivity contribution is 5.91. The molecule has 0 saturated carbocycles. The van der Waals surface area contributed by atoms with Gasteiger partial charge in [-0.1, -0.05) is 13.8 Å². The van der Waals surface area contributed by atoms with Crippen LogP contribution in [-0.4, -0.2) is 32.7 Å². The highest BCUT2D eigenvalue weighted by Gasteiger charge is 2.06. The molecular weight excluding hydrogens is 244 g/mol. The molecule has 1 aromatic carbocycles. The molecule has 0 saturated heterocycles. The fraction of sp³-hybridized carbons (Fsp3) is 0.500. The largest absolute Gasteiger partial charge is 0.497 e. The van der Waals surface area contributed by atoms with E-state index >= 15 is 0 Å². The summed E-state index contributed by atoms with van der Waals surface area (Å²) in [5.41, 5.74) is 0.672. The number of amides is 1. The van der Waals surface area contributed by atoms with Crippen LogP contribution in [-0.2, 0) is 4.79 Å². The second kappa shape index (κ2) is 7.63. The summed E-state index contributed by atoms with van der Waals surface area (Å²) in [5.74, 6) is 1.26. The molecule has 5 nitrogen and oxygen atoms in total. The van der Waals surface area contributed by atoms with Crippen molar-refractivity contribution >= 4 is 11.6 Å². The molecule has 19 heavy (non-hydrogen) atoms. The van der Waals surface area contributed by atoms with Crippen molar-refractivity contribution in [3.05, 3.63) is 18.2 Å². The van der Waals surface area contributed by atoms with E-state index in [2.05, 4.69) is 10.6 Å². The minimum atomic E-state index is -0.0385. The van der Waals surface area contributed by atoms with Gasteiger partial charge in [0, 0.05) is 42.9 Å². The van der Waals surface area contributed by atoms with Crippen LogP contribution in [0.15, 0.2) is 18.2 Å². The van der Waals surface area contributed by atoms with E-state index in [-0.39, 0.29) is 5.91 Å². The van der Waals surface area contributed by atoms with Crippen molar-refractivity contribution in [2.75, 3.05) is 26.1 Å². The predicted octanol–water partition coefficient (Wildman–Crippen LogP) is 2.03. The molecule has 0 fully saturated rings. The predicted molar refractivity (Wildman–Crippen MR) is 75.9 cm³/mol. The summed E-state index contributed by atoms with van der Waals surface area (Å²) < 4.78 is 10.3. The molecular formula is C14H22N2O3. The number of benzene rings is 1. The first kappa shape index (κ1) is 15.3. The van der Waals surface area contributed by atoms with Crippen LogP contribution in [0.1, 0.15) is 20.3 Å². The number of carbonyl (C=O) groups excluding carboxylic acids is 1. The Hall–Kier alpha value is -1.75. The number of rotatable bonds is 7. The van der Waals surface area contributed by atoms with Crippen LogP contribution in [0.5, 0.6) is 11.5 Å². The maximum atomic E-state index is 11.8. The minimum Gasteiger partial charge on any atom is -0.497 e. The van der Waals surface area contributed by atoms with E-state index in [1.165, 1.54) is 0 Å². The first-order valence-electron chi connectivity index (χ1n) is 6.31. The molecule has 0 aliphatic heterocycles. The highest BCUT2D eigenvalue weighted by Crippen LogP contribution is 2.25. The smallest absolute Gasteiger partial charge is 0.225 e. The molecule has 0 aromatic heterocycles. The van der Waals surface area contributed by atoms with Crippen LogP contribution in [0.3, 0.4) is 0 Å². The molecule has 1 aromatic rings. The molecule has 0 bridgehead atoms. The number of carbonyl (C=O) groups is 1. The first-order chi connectivity index (χ1) is 9.05. The van der Waals surface area contributed by atoms with Crippen molar-refractivity contribution in [2.24, 2.45) is 0 Å². The van der Waals surface area contributed by atoms with Gasteiger partial charge in [0.05, 0.1) is 14.2 Å².